The molecule has 2 rings (SSSR count). The van der Waals surface area contributed by atoms with Crippen LogP contribution in [-0.2, 0) is 16.2 Å². The SMILES string of the molecule is N#Cc1ccc(CO/N=C/C(=O)Nc2ccc(F)cc2F)c(F)c1. The van der Waals surface area contributed by atoms with E-state index >= 15 is 0 Å². The topological polar surface area (TPSA) is 74.5 Å². The molecule has 0 bridgehead atoms. The highest BCUT2D eigenvalue weighted by Crippen LogP contribution is 2.14. The highest BCUT2D eigenvalue weighted by molar-refractivity contribution is 6.31. The minimum atomic E-state index is -0.933. The van der Waals surface area contributed by atoms with Crippen LogP contribution in [0.5, 0.6) is 0 Å². The zero-order chi connectivity index (χ0) is 17.5. The van der Waals surface area contributed by atoms with Gasteiger partial charge in [0.15, 0.2) is 0 Å². The molecule has 0 heterocycles. The summed E-state index contributed by atoms with van der Waals surface area (Å²) in [5.41, 5.74) is 0.0996. The molecule has 0 radical (unpaired) electrons. The lowest BCUT2D eigenvalue weighted by Gasteiger charge is -2.04. The van der Waals surface area contributed by atoms with Gasteiger partial charge in [-0.1, -0.05) is 11.2 Å². The average Bonchev–Trinajstić information content (AvgIpc) is 2.55. The first kappa shape index (κ1) is 17.0. The second-order valence-electron chi connectivity index (χ2n) is 4.54. The van der Waals surface area contributed by atoms with E-state index in [0.29, 0.717) is 6.07 Å². The zero-order valence-corrected chi connectivity index (χ0v) is 12.1. The number of nitriles is 1. The largest absolute Gasteiger partial charge is 0.391 e. The lowest BCUT2D eigenvalue weighted by atomic mass is 10.1. The lowest BCUT2D eigenvalue weighted by Crippen LogP contribution is -2.14. The number of hydrogen-bond donors (Lipinski definition) is 1. The van der Waals surface area contributed by atoms with Crippen molar-refractivity contribution in [2.75, 3.05) is 5.32 Å². The highest BCUT2D eigenvalue weighted by Gasteiger charge is 2.07. The predicted molar refractivity (Wildman–Crippen MR) is 79.4 cm³/mol. The number of carbonyl (C=O) groups is 1. The number of carbonyl (C=O) groups excluding carboxylic acids is 1. The fraction of sp³-hybridized carbons (Fsp3) is 0.0625. The van der Waals surface area contributed by atoms with E-state index in [9.17, 15) is 18.0 Å². The Morgan fingerprint density at radius 2 is 2.00 bits per heavy atom. The van der Waals surface area contributed by atoms with Gasteiger partial charge in [-0.25, -0.2) is 13.2 Å². The van der Waals surface area contributed by atoms with E-state index in [2.05, 4.69) is 10.5 Å². The highest BCUT2D eigenvalue weighted by atomic mass is 19.1. The van der Waals surface area contributed by atoms with E-state index in [1.54, 1.807) is 6.07 Å². The molecular formula is C16H10F3N3O2. The maximum absolute atomic E-state index is 13.6. The summed E-state index contributed by atoms with van der Waals surface area (Å²) < 4.78 is 39.6. The number of oxime groups is 1. The Hall–Kier alpha value is -3.34. The third kappa shape index (κ3) is 4.58. The molecule has 2 aromatic carbocycles. The van der Waals surface area contributed by atoms with E-state index in [1.807, 2.05) is 0 Å². The van der Waals surface area contributed by atoms with Crippen molar-refractivity contribution in [3.8, 4) is 6.07 Å². The van der Waals surface area contributed by atoms with E-state index in [4.69, 9.17) is 10.1 Å². The van der Waals surface area contributed by atoms with Crippen molar-refractivity contribution in [1.82, 2.24) is 0 Å². The summed E-state index contributed by atoms with van der Waals surface area (Å²) in [6, 6.07) is 8.28. The van der Waals surface area contributed by atoms with Gasteiger partial charge in [-0.2, -0.15) is 5.26 Å². The van der Waals surface area contributed by atoms with Gasteiger partial charge in [0.2, 0.25) is 0 Å². The zero-order valence-electron chi connectivity index (χ0n) is 12.1. The summed E-state index contributed by atoms with van der Waals surface area (Å²) in [6.07, 6.45) is 0.727. The maximum Gasteiger partial charge on any atom is 0.270 e. The summed E-state index contributed by atoms with van der Waals surface area (Å²) in [7, 11) is 0. The number of hydrogen-bond acceptors (Lipinski definition) is 4. The van der Waals surface area contributed by atoms with Crippen LogP contribution in [0, 0.1) is 28.8 Å². The molecule has 0 saturated heterocycles. The van der Waals surface area contributed by atoms with Crippen molar-refractivity contribution in [1.29, 1.82) is 5.26 Å². The van der Waals surface area contributed by atoms with Gasteiger partial charge >= 0.3 is 0 Å². The van der Waals surface area contributed by atoms with Crippen LogP contribution < -0.4 is 5.32 Å². The van der Waals surface area contributed by atoms with Crippen LogP contribution in [0.25, 0.3) is 0 Å². The van der Waals surface area contributed by atoms with Gasteiger partial charge in [0, 0.05) is 11.6 Å². The smallest absolute Gasteiger partial charge is 0.270 e. The van der Waals surface area contributed by atoms with Crippen LogP contribution in [0.4, 0.5) is 18.9 Å². The van der Waals surface area contributed by atoms with Crippen molar-refractivity contribution in [3.05, 3.63) is 65.0 Å². The Morgan fingerprint density at radius 1 is 1.21 bits per heavy atom. The van der Waals surface area contributed by atoms with Crippen molar-refractivity contribution in [2.24, 2.45) is 5.16 Å². The summed E-state index contributed by atoms with van der Waals surface area (Å²) in [5.74, 6) is -3.15. The Morgan fingerprint density at radius 3 is 2.67 bits per heavy atom. The molecule has 0 aromatic heterocycles. The van der Waals surface area contributed by atoms with Crippen LogP contribution in [0.2, 0.25) is 0 Å². The van der Waals surface area contributed by atoms with Gasteiger partial charge < -0.3 is 10.2 Å². The third-order valence-corrected chi connectivity index (χ3v) is 2.84. The lowest BCUT2D eigenvalue weighted by molar-refractivity contribution is -0.110. The number of nitrogens with zero attached hydrogens (tertiary/aromatic N) is 2. The van der Waals surface area contributed by atoms with Gasteiger partial charge in [-0.3, -0.25) is 4.79 Å². The number of halogens is 3. The monoisotopic (exact) mass is 333 g/mol. The van der Waals surface area contributed by atoms with Crippen molar-refractivity contribution < 1.29 is 22.8 Å². The molecule has 0 spiro atoms. The summed E-state index contributed by atoms with van der Waals surface area (Å²) in [4.78, 5) is 16.3. The quantitative estimate of drug-likeness (QED) is 0.675. The molecule has 5 nitrogen and oxygen atoms in total. The Balaban J connectivity index is 1.88. The van der Waals surface area contributed by atoms with Gasteiger partial charge in [0.25, 0.3) is 5.91 Å². The molecule has 1 amide bonds. The molecule has 24 heavy (non-hydrogen) atoms. The molecule has 0 aliphatic heterocycles. The van der Waals surface area contributed by atoms with E-state index in [-0.39, 0.29) is 23.4 Å². The second kappa shape index (κ2) is 7.78. The van der Waals surface area contributed by atoms with E-state index in [1.165, 1.54) is 12.1 Å². The fourth-order valence-corrected chi connectivity index (χ4v) is 1.68. The molecule has 0 unspecified atom stereocenters. The first-order chi connectivity index (χ1) is 11.5. The molecule has 0 atom stereocenters. The molecule has 0 aliphatic carbocycles. The molecule has 122 valence electrons. The molecular weight excluding hydrogens is 323 g/mol. The Bertz CT molecular complexity index is 832. The molecule has 0 aliphatic rings. The van der Waals surface area contributed by atoms with Crippen LogP contribution in [0.3, 0.4) is 0 Å². The van der Waals surface area contributed by atoms with Gasteiger partial charge in [0.05, 0.1) is 17.3 Å². The normalized spacial score (nSPS) is 10.4. The maximum atomic E-state index is 13.6. The predicted octanol–water partition coefficient (Wildman–Crippen LogP) is 3.12. The van der Waals surface area contributed by atoms with E-state index < -0.39 is 23.4 Å². The van der Waals surface area contributed by atoms with Crippen molar-refractivity contribution >= 4 is 17.8 Å². The molecule has 2 aromatic rings. The summed E-state index contributed by atoms with van der Waals surface area (Å²) in [6.45, 7) is -0.258. The fourth-order valence-electron chi connectivity index (χ4n) is 1.68. The molecule has 8 heteroatoms. The van der Waals surface area contributed by atoms with Crippen LogP contribution in [-0.4, -0.2) is 12.1 Å². The summed E-state index contributed by atoms with van der Waals surface area (Å²) in [5, 5.41) is 14.1. The summed E-state index contributed by atoms with van der Waals surface area (Å²) >= 11 is 0. The minimum Gasteiger partial charge on any atom is -0.391 e. The number of nitrogens with one attached hydrogen (secondary N) is 1. The number of anilines is 1. The van der Waals surface area contributed by atoms with Gasteiger partial charge in [0.1, 0.15) is 30.3 Å². The third-order valence-electron chi connectivity index (χ3n) is 2.84. The molecule has 1 N–H and O–H groups in total. The van der Waals surface area contributed by atoms with Crippen molar-refractivity contribution in [3.63, 3.8) is 0 Å². The Labute approximate surface area is 135 Å². The second-order valence-corrected chi connectivity index (χ2v) is 4.54. The molecule has 0 saturated carbocycles. The number of benzene rings is 2. The van der Waals surface area contributed by atoms with E-state index in [0.717, 1.165) is 24.4 Å². The van der Waals surface area contributed by atoms with Gasteiger partial charge in [-0.05, 0) is 24.3 Å². The Kier molecular flexibility index (Phi) is 5.52. The first-order valence-corrected chi connectivity index (χ1v) is 6.59. The van der Waals surface area contributed by atoms with Crippen LogP contribution >= 0.6 is 0 Å². The number of amides is 1. The van der Waals surface area contributed by atoms with Gasteiger partial charge in [-0.15, -0.1) is 0 Å². The molecule has 0 fully saturated rings. The van der Waals surface area contributed by atoms with Crippen molar-refractivity contribution in [2.45, 2.75) is 6.61 Å². The first-order valence-electron chi connectivity index (χ1n) is 6.59. The average molecular weight is 333 g/mol. The van der Waals surface area contributed by atoms with Crippen LogP contribution in [0.15, 0.2) is 41.6 Å². The van der Waals surface area contributed by atoms with Crippen LogP contribution in [0.1, 0.15) is 11.1 Å². The minimum absolute atomic E-state index is 0.149. The standard InChI is InChI=1S/C16H10F3N3O2/c17-12-3-4-15(14(19)6-12)22-16(23)8-21-24-9-11-2-1-10(7-20)5-13(11)18/h1-6,8H,9H2,(H,22,23)/b21-8+. The number of rotatable bonds is 5.